The average Bonchev–Trinajstić information content (AvgIpc) is 2.71. The fourth-order valence-corrected chi connectivity index (χ4v) is 4.51. The van der Waals surface area contributed by atoms with Crippen LogP contribution in [0.3, 0.4) is 0 Å². The first-order valence-electron chi connectivity index (χ1n) is 14.3. The largest absolute Gasteiger partial charge is 0.344 e. The van der Waals surface area contributed by atoms with E-state index in [-0.39, 0.29) is 6.15 Å². The molecule has 0 atom stereocenters. The first-order chi connectivity index (χ1) is 14.3. The molecule has 0 spiro atoms. The van der Waals surface area contributed by atoms with Crippen molar-refractivity contribution in [1.82, 2.24) is 6.15 Å². The highest BCUT2D eigenvalue weighted by Crippen LogP contribution is 2.16. The van der Waals surface area contributed by atoms with Gasteiger partial charge in [0.1, 0.15) is 0 Å². The van der Waals surface area contributed by atoms with Crippen LogP contribution in [0.15, 0.2) is 0 Å². The second-order valence-corrected chi connectivity index (χ2v) is 10.3. The molecule has 0 aliphatic heterocycles. The molecule has 3 N–H and O–H groups in total. The Hall–Kier alpha value is -0.0400. The van der Waals surface area contributed by atoms with Crippen molar-refractivity contribution in [3.05, 3.63) is 0 Å². The molecule has 0 aromatic carbocycles. The minimum absolute atomic E-state index is 0. The van der Waals surface area contributed by atoms with Gasteiger partial charge in [0.05, 0.1) is 0 Å². The van der Waals surface area contributed by atoms with Crippen molar-refractivity contribution in [2.24, 2.45) is 5.92 Å². The third kappa shape index (κ3) is 30.2. The Morgan fingerprint density at radius 1 is 0.333 bits per heavy atom. The summed E-state index contributed by atoms with van der Waals surface area (Å²) in [5, 5.41) is 0. The molecule has 1 heteroatoms. The summed E-state index contributed by atoms with van der Waals surface area (Å²) in [5.74, 6) is 0.898. The lowest BCUT2D eigenvalue weighted by molar-refractivity contribution is 0.500. The molecule has 0 radical (unpaired) electrons. The van der Waals surface area contributed by atoms with Crippen LogP contribution in [-0.4, -0.2) is 0 Å². The Kier molecular flexibility index (Phi) is 31.0. The summed E-state index contributed by atoms with van der Waals surface area (Å²) < 4.78 is 0. The van der Waals surface area contributed by atoms with Gasteiger partial charge in [-0.25, -0.2) is 0 Å². The van der Waals surface area contributed by atoms with Gasteiger partial charge in [-0.1, -0.05) is 181 Å². The zero-order valence-electron chi connectivity index (χ0n) is 22.0. The predicted molar refractivity (Wildman–Crippen MR) is 141 cm³/mol. The zero-order chi connectivity index (χ0) is 21.3. The normalized spacial score (nSPS) is 11.2. The van der Waals surface area contributed by atoms with E-state index in [1.54, 1.807) is 0 Å². The number of unbranched alkanes of at least 4 members (excludes halogenated alkanes) is 23. The average molecular weight is 426 g/mol. The van der Waals surface area contributed by atoms with E-state index < -0.39 is 0 Å². The van der Waals surface area contributed by atoms with Crippen molar-refractivity contribution in [2.45, 2.75) is 181 Å². The van der Waals surface area contributed by atoms with Crippen LogP contribution in [0.1, 0.15) is 181 Å². The van der Waals surface area contributed by atoms with Crippen LogP contribution >= 0.6 is 0 Å². The summed E-state index contributed by atoms with van der Waals surface area (Å²) in [4.78, 5) is 0. The molecule has 0 aromatic heterocycles. The Morgan fingerprint density at radius 3 is 0.733 bits per heavy atom. The molecule has 0 aliphatic rings. The van der Waals surface area contributed by atoms with Gasteiger partial charge in [0.15, 0.2) is 0 Å². The molecule has 0 saturated carbocycles. The van der Waals surface area contributed by atoms with E-state index in [4.69, 9.17) is 0 Å². The quantitative estimate of drug-likeness (QED) is 0.145. The zero-order valence-corrected chi connectivity index (χ0v) is 22.0. The lowest BCUT2D eigenvalue weighted by Crippen LogP contribution is -1.87. The lowest BCUT2D eigenvalue weighted by atomic mass is 10.0. The van der Waals surface area contributed by atoms with Crippen LogP contribution in [0.5, 0.6) is 0 Å². The standard InChI is InChI=1S/C29H60.H3N/c1-4-5-6-7-8-9-10-11-12-13-14-15-16-17-18-19-20-21-22-23-24-25-26-27-28-29(2)3;/h29H,4-28H2,1-3H3;1H3. The lowest BCUT2D eigenvalue weighted by Gasteiger charge is -2.05. The van der Waals surface area contributed by atoms with Gasteiger partial charge in [-0.3, -0.25) is 0 Å². The van der Waals surface area contributed by atoms with E-state index in [0.717, 1.165) is 5.92 Å². The van der Waals surface area contributed by atoms with E-state index >= 15 is 0 Å². The SMILES string of the molecule is CCCCCCCCCCCCCCCCCCCCCCCCCCC(C)C.N. The molecular weight excluding hydrogens is 362 g/mol. The molecule has 30 heavy (non-hydrogen) atoms. The fourth-order valence-electron chi connectivity index (χ4n) is 4.51. The summed E-state index contributed by atoms with van der Waals surface area (Å²) >= 11 is 0. The molecule has 0 amide bonds. The molecule has 1 nitrogen and oxygen atoms in total. The molecule has 0 aliphatic carbocycles. The molecule has 0 fully saturated rings. The second-order valence-electron chi connectivity index (χ2n) is 10.3. The molecule has 0 heterocycles. The number of rotatable bonds is 25. The molecule has 0 unspecified atom stereocenters. The summed E-state index contributed by atoms with van der Waals surface area (Å²) in [6.45, 7) is 7.00. The summed E-state index contributed by atoms with van der Waals surface area (Å²) in [6.07, 6.45) is 36.9. The van der Waals surface area contributed by atoms with Gasteiger partial charge in [0, 0.05) is 0 Å². The van der Waals surface area contributed by atoms with Crippen LogP contribution in [0, 0.1) is 5.92 Å². The minimum Gasteiger partial charge on any atom is -0.344 e. The molecule has 0 saturated heterocycles. The van der Waals surface area contributed by atoms with Gasteiger partial charge in [-0.2, -0.15) is 0 Å². The first kappa shape index (κ1) is 32.1. The maximum absolute atomic E-state index is 2.35. The van der Waals surface area contributed by atoms with Crippen LogP contribution in [0.2, 0.25) is 0 Å². The monoisotopic (exact) mass is 425 g/mol. The Labute approximate surface area is 193 Å². The van der Waals surface area contributed by atoms with Crippen molar-refractivity contribution in [1.29, 1.82) is 0 Å². The molecule has 0 rings (SSSR count). The number of hydrogen-bond acceptors (Lipinski definition) is 1. The smallest absolute Gasteiger partial charge is 0.0471 e. The van der Waals surface area contributed by atoms with Crippen molar-refractivity contribution in [3.63, 3.8) is 0 Å². The summed E-state index contributed by atoms with van der Waals surface area (Å²) in [6, 6.07) is 0. The molecule has 0 aromatic rings. The van der Waals surface area contributed by atoms with Crippen molar-refractivity contribution >= 4 is 0 Å². The van der Waals surface area contributed by atoms with Crippen LogP contribution < -0.4 is 6.15 Å². The first-order valence-corrected chi connectivity index (χ1v) is 14.3. The molecule has 0 bridgehead atoms. The van der Waals surface area contributed by atoms with Crippen molar-refractivity contribution in [2.75, 3.05) is 0 Å². The number of hydrogen-bond donors (Lipinski definition) is 1. The summed E-state index contributed by atoms with van der Waals surface area (Å²) in [5.41, 5.74) is 0. The van der Waals surface area contributed by atoms with Gasteiger partial charge in [0.25, 0.3) is 0 Å². The van der Waals surface area contributed by atoms with Gasteiger partial charge in [-0.05, 0) is 5.92 Å². The maximum atomic E-state index is 2.35. The Morgan fingerprint density at radius 2 is 0.533 bits per heavy atom. The topological polar surface area (TPSA) is 35.0 Å². The van der Waals surface area contributed by atoms with E-state index in [9.17, 15) is 0 Å². The van der Waals surface area contributed by atoms with Crippen LogP contribution in [0.25, 0.3) is 0 Å². The minimum atomic E-state index is 0. The molecule has 184 valence electrons. The van der Waals surface area contributed by atoms with E-state index in [1.165, 1.54) is 161 Å². The Bertz CT molecular complexity index is 274. The highest BCUT2D eigenvalue weighted by Gasteiger charge is 1.97. The highest BCUT2D eigenvalue weighted by molar-refractivity contribution is 4.52. The van der Waals surface area contributed by atoms with Gasteiger partial charge < -0.3 is 6.15 Å². The van der Waals surface area contributed by atoms with Crippen LogP contribution in [0.4, 0.5) is 0 Å². The highest BCUT2D eigenvalue weighted by atomic mass is 14.0. The summed E-state index contributed by atoms with van der Waals surface area (Å²) in [7, 11) is 0. The fraction of sp³-hybridized carbons (Fsp3) is 1.00. The van der Waals surface area contributed by atoms with Crippen molar-refractivity contribution in [3.8, 4) is 0 Å². The van der Waals surface area contributed by atoms with Gasteiger partial charge in [0.2, 0.25) is 0 Å². The predicted octanol–water partition coefficient (Wildman–Crippen LogP) is 11.6. The second kappa shape index (κ2) is 29.0. The third-order valence-corrected chi connectivity index (χ3v) is 6.64. The van der Waals surface area contributed by atoms with E-state index in [1.807, 2.05) is 0 Å². The van der Waals surface area contributed by atoms with Gasteiger partial charge in [-0.15, -0.1) is 0 Å². The van der Waals surface area contributed by atoms with Crippen molar-refractivity contribution < 1.29 is 0 Å². The Balaban J connectivity index is 0. The maximum Gasteiger partial charge on any atom is -0.0471 e. The van der Waals surface area contributed by atoms with E-state index in [0.29, 0.717) is 0 Å². The van der Waals surface area contributed by atoms with E-state index in [2.05, 4.69) is 20.8 Å². The van der Waals surface area contributed by atoms with Crippen LogP contribution in [-0.2, 0) is 0 Å². The van der Waals surface area contributed by atoms with Gasteiger partial charge >= 0.3 is 0 Å². The third-order valence-electron chi connectivity index (χ3n) is 6.64. The molecular formula is C29H63N.